The lowest BCUT2D eigenvalue weighted by Crippen LogP contribution is -2.44. The Balaban J connectivity index is 2.23. The van der Waals surface area contributed by atoms with Crippen molar-refractivity contribution in [2.24, 2.45) is 5.92 Å². The van der Waals surface area contributed by atoms with E-state index in [1.54, 1.807) is 6.92 Å². The molecule has 0 saturated carbocycles. The summed E-state index contributed by atoms with van der Waals surface area (Å²) >= 11 is 1.86. The van der Waals surface area contributed by atoms with Crippen LogP contribution in [0.25, 0.3) is 0 Å². The molecule has 1 unspecified atom stereocenters. The molecule has 1 aromatic carbocycles. The van der Waals surface area contributed by atoms with Crippen LogP contribution < -0.4 is 0 Å². The molecule has 132 valence electrons. The molecule has 1 saturated heterocycles. The first-order valence-corrected chi connectivity index (χ1v) is 8.65. The average molecular weight is 455 g/mol. The standard InChI is InChI=1S/C16H17F3INO3/c1-2-24-15(23)12-7-3-6-11(13(12)20)14(22)21-8-4-5-10(9-21)16(17,18)19/h3,6-7,10H,2,4-5,8-9H2,1H3. The van der Waals surface area contributed by atoms with Crippen LogP contribution in [0.1, 0.15) is 40.5 Å². The number of hydrogen-bond acceptors (Lipinski definition) is 3. The van der Waals surface area contributed by atoms with Crippen LogP contribution in [0, 0.1) is 9.49 Å². The molecule has 0 spiro atoms. The number of amides is 1. The highest BCUT2D eigenvalue weighted by Crippen LogP contribution is 2.34. The zero-order valence-corrected chi connectivity index (χ0v) is 15.2. The topological polar surface area (TPSA) is 46.6 Å². The lowest BCUT2D eigenvalue weighted by atomic mass is 9.96. The second kappa shape index (κ2) is 7.71. The van der Waals surface area contributed by atoms with E-state index in [9.17, 15) is 22.8 Å². The van der Waals surface area contributed by atoms with Crippen molar-refractivity contribution in [3.63, 3.8) is 0 Å². The number of alkyl halides is 3. The van der Waals surface area contributed by atoms with E-state index < -0.39 is 24.0 Å². The number of hydrogen-bond donors (Lipinski definition) is 0. The van der Waals surface area contributed by atoms with Crippen molar-refractivity contribution in [3.05, 3.63) is 32.9 Å². The lowest BCUT2D eigenvalue weighted by molar-refractivity contribution is -0.184. The molecule has 1 aliphatic rings. The zero-order valence-electron chi connectivity index (χ0n) is 13.0. The monoisotopic (exact) mass is 455 g/mol. The smallest absolute Gasteiger partial charge is 0.393 e. The van der Waals surface area contributed by atoms with E-state index in [1.807, 2.05) is 22.6 Å². The minimum Gasteiger partial charge on any atom is -0.462 e. The van der Waals surface area contributed by atoms with Crippen molar-refractivity contribution in [1.82, 2.24) is 4.90 Å². The minimum absolute atomic E-state index is 0.0350. The molecule has 1 atom stereocenters. The van der Waals surface area contributed by atoms with E-state index in [4.69, 9.17) is 4.74 Å². The average Bonchev–Trinajstić information content (AvgIpc) is 2.54. The van der Waals surface area contributed by atoms with Crippen LogP contribution in [0.4, 0.5) is 13.2 Å². The Labute approximate surface area is 151 Å². The van der Waals surface area contributed by atoms with Crippen LogP contribution in [0.2, 0.25) is 0 Å². The Morgan fingerprint density at radius 2 is 2.00 bits per heavy atom. The molecule has 0 aliphatic carbocycles. The maximum Gasteiger partial charge on any atom is 0.393 e. The third-order valence-electron chi connectivity index (χ3n) is 3.90. The highest BCUT2D eigenvalue weighted by molar-refractivity contribution is 14.1. The Morgan fingerprint density at radius 3 is 2.62 bits per heavy atom. The Hall–Kier alpha value is -1.32. The zero-order chi connectivity index (χ0) is 17.9. The molecular weight excluding hydrogens is 438 g/mol. The quantitative estimate of drug-likeness (QED) is 0.514. The van der Waals surface area contributed by atoms with Gasteiger partial charge in [-0.25, -0.2) is 4.79 Å². The fraction of sp³-hybridized carbons (Fsp3) is 0.500. The van der Waals surface area contributed by atoms with Crippen molar-refractivity contribution >= 4 is 34.5 Å². The number of nitrogens with zero attached hydrogens (tertiary/aromatic N) is 1. The largest absolute Gasteiger partial charge is 0.462 e. The summed E-state index contributed by atoms with van der Waals surface area (Å²) in [7, 11) is 0. The lowest BCUT2D eigenvalue weighted by Gasteiger charge is -2.34. The number of halogens is 4. The molecule has 1 amide bonds. The molecule has 0 N–H and O–H groups in total. The van der Waals surface area contributed by atoms with Gasteiger partial charge in [0.1, 0.15) is 0 Å². The Bertz CT molecular complexity index is 633. The Morgan fingerprint density at radius 1 is 1.33 bits per heavy atom. The SMILES string of the molecule is CCOC(=O)c1cccc(C(=O)N2CCCC(C(F)(F)F)C2)c1I. The van der Waals surface area contributed by atoms with Crippen LogP contribution in [-0.4, -0.2) is 42.6 Å². The van der Waals surface area contributed by atoms with E-state index in [0.29, 0.717) is 9.99 Å². The Kier molecular flexibility index (Phi) is 6.11. The van der Waals surface area contributed by atoms with Gasteiger partial charge in [-0.15, -0.1) is 0 Å². The van der Waals surface area contributed by atoms with Crippen molar-refractivity contribution in [2.75, 3.05) is 19.7 Å². The number of esters is 1. The van der Waals surface area contributed by atoms with E-state index in [-0.39, 0.29) is 37.2 Å². The van der Waals surface area contributed by atoms with Gasteiger partial charge in [-0.2, -0.15) is 13.2 Å². The van der Waals surface area contributed by atoms with E-state index in [0.717, 1.165) is 0 Å². The van der Waals surface area contributed by atoms with Gasteiger partial charge in [0.05, 0.1) is 23.7 Å². The first-order chi connectivity index (χ1) is 11.3. The number of likely N-dealkylation sites (tertiary alicyclic amines) is 1. The predicted octanol–water partition coefficient (Wildman–Crippen LogP) is 3.88. The maximum absolute atomic E-state index is 12.9. The molecule has 8 heteroatoms. The first kappa shape index (κ1) is 19.0. The van der Waals surface area contributed by atoms with Crippen molar-refractivity contribution in [3.8, 4) is 0 Å². The number of carbonyl (C=O) groups excluding carboxylic acids is 2. The third-order valence-corrected chi connectivity index (χ3v) is 5.06. The summed E-state index contributed by atoms with van der Waals surface area (Å²) in [4.78, 5) is 25.7. The number of ether oxygens (including phenoxy) is 1. The molecule has 0 aromatic heterocycles. The normalized spacial score (nSPS) is 18.4. The minimum atomic E-state index is -4.31. The summed E-state index contributed by atoms with van der Waals surface area (Å²) in [5, 5.41) is 0. The molecular formula is C16H17F3INO3. The molecule has 2 rings (SSSR count). The van der Waals surface area contributed by atoms with E-state index in [2.05, 4.69) is 0 Å². The van der Waals surface area contributed by atoms with Gasteiger partial charge >= 0.3 is 12.1 Å². The van der Waals surface area contributed by atoms with Crippen LogP contribution >= 0.6 is 22.6 Å². The fourth-order valence-electron chi connectivity index (χ4n) is 2.66. The summed E-state index contributed by atoms with van der Waals surface area (Å²) < 4.78 is 44.1. The second-order valence-electron chi connectivity index (χ2n) is 5.52. The van der Waals surface area contributed by atoms with Crippen LogP contribution in [0.5, 0.6) is 0 Å². The van der Waals surface area contributed by atoms with Crippen LogP contribution in [0.3, 0.4) is 0 Å². The summed E-state index contributed by atoms with van der Waals surface area (Å²) in [6.45, 7) is 1.81. The molecule has 4 nitrogen and oxygen atoms in total. The van der Waals surface area contributed by atoms with Gasteiger partial charge in [-0.3, -0.25) is 4.79 Å². The van der Waals surface area contributed by atoms with E-state index in [1.165, 1.54) is 23.1 Å². The molecule has 24 heavy (non-hydrogen) atoms. The van der Waals surface area contributed by atoms with Gasteiger partial charge < -0.3 is 9.64 Å². The summed E-state index contributed by atoms with van der Waals surface area (Å²) in [6, 6.07) is 4.59. The van der Waals surface area contributed by atoms with Gasteiger partial charge in [0.25, 0.3) is 5.91 Å². The predicted molar refractivity (Wildman–Crippen MR) is 89.8 cm³/mol. The van der Waals surface area contributed by atoms with Gasteiger partial charge in [0.2, 0.25) is 0 Å². The summed E-state index contributed by atoms with van der Waals surface area (Å²) in [5.74, 6) is -2.54. The molecule has 0 bridgehead atoms. The highest BCUT2D eigenvalue weighted by Gasteiger charge is 2.43. The number of benzene rings is 1. The van der Waals surface area contributed by atoms with Gasteiger partial charge in [0, 0.05) is 16.7 Å². The fourth-order valence-corrected chi connectivity index (χ4v) is 3.47. The first-order valence-electron chi connectivity index (χ1n) is 7.57. The van der Waals surface area contributed by atoms with E-state index >= 15 is 0 Å². The summed E-state index contributed by atoms with van der Waals surface area (Å²) in [6.07, 6.45) is -3.96. The molecule has 1 heterocycles. The number of carbonyl (C=O) groups is 2. The van der Waals surface area contributed by atoms with Crippen molar-refractivity contribution < 1.29 is 27.5 Å². The maximum atomic E-state index is 12.9. The molecule has 1 aliphatic heterocycles. The highest BCUT2D eigenvalue weighted by atomic mass is 127. The van der Waals surface area contributed by atoms with Crippen LogP contribution in [-0.2, 0) is 4.74 Å². The number of piperidine rings is 1. The van der Waals surface area contributed by atoms with Gasteiger partial charge in [0.15, 0.2) is 0 Å². The number of rotatable bonds is 3. The van der Waals surface area contributed by atoms with Crippen molar-refractivity contribution in [1.29, 1.82) is 0 Å². The molecule has 0 radical (unpaired) electrons. The third kappa shape index (κ3) is 4.20. The van der Waals surface area contributed by atoms with Crippen LogP contribution in [0.15, 0.2) is 18.2 Å². The van der Waals surface area contributed by atoms with Gasteiger partial charge in [-0.05, 0) is 54.5 Å². The van der Waals surface area contributed by atoms with Crippen molar-refractivity contribution in [2.45, 2.75) is 25.9 Å². The molecule has 1 fully saturated rings. The molecule has 1 aromatic rings. The van der Waals surface area contributed by atoms with Gasteiger partial charge in [-0.1, -0.05) is 6.07 Å². The second-order valence-corrected chi connectivity index (χ2v) is 6.60. The summed E-state index contributed by atoms with van der Waals surface area (Å²) in [5.41, 5.74) is 0.469.